The number of hydrogen-bond acceptors (Lipinski definition) is 4. The van der Waals surface area contributed by atoms with E-state index in [0.717, 1.165) is 51.4 Å². The summed E-state index contributed by atoms with van der Waals surface area (Å²) in [6, 6.07) is 0. The molecule has 0 aliphatic rings. The molecular weight excluding hydrogens is 689 g/mol. The van der Waals surface area contributed by atoms with Crippen LogP contribution in [-0.2, 0) is 19.1 Å². The molecular formula is C52H100O4. The zero-order valence-electron chi connectivity index (χ0n) is 38.7. The second-order valence-electron chi connectivity index (χ2n) is 17.5. The van der Waals surface area contributed by atoms with Crippen LogP contribution in [-0.4, -0.2) is 24.1 Å². The van der Waals surface area contributed by atoms with Gasteiger partial charge in [-0.25, -0.2) is 4.79 Å². The first-order valence-electron chi connectivity index (χ1n) is 25.6. The number of allylic oxidation sites excluding steroid dienone is 2. The summed E-state index contributed by atoms with van der Waals surface area (Å²) >= 11 is 0. The van der Waals surface area contributed by atoms with Crippen molar-refractivity contribution >= 4 is 11.9 Å². The van der Waals surface area contributed by atoms with E-state index in [4.69, 9.17) is 9.47 Å². The van der Waals surface area contributed by atoms with Crippen LogP contribution in [0.25, 0.3) is 0 Å². The van der Waals surface area contributed by atoms with Gasteiger partial charge < -0.3 is 9.47 Å². The molecule has 1 unspecified atom stereocenters. The maximum Gasteiger partial charge on any atom is 0.346 e. The fraction of sp³-hybridized carbons (Fsp3) is 0.923. The van der Waals surface area contributed by atoms with E-state index in [0.29, 0.717) is 25.9 Å². The highest BCUT2D eigenvalue weighted by molar-refractivity contribution is 5.90. The van der Waals surface area contributed by atoms with Crippen molar-refractivity contribution in [2.45, 2.75) is 303 Å². The van der Waals surface area contributed by atoms with Gasteiger partial charge in [-0.2, -0.15) is 0 Å². The first kappa shape index (κ1) is 54.8. The predicted molar refractivity (Wildman–Crippen MR) is 246 cm³/mol. The molecule has 0 aliphatic heterocycles. The average molecular weight is 789 g/mol. The number of rotatable bonds is 46. The summed E-state index contributed by atoms with van der Waals surface area (Å²) in [5, 5.41) is 0. The van der Waals surface area contributed by atoms with Crippen molar-refractivity contribution in [1.29, 1.82) is 0 Å². The Bertz CT molecular complexity index is 837. The summed E-state index contributed by atoms with van der Waals surface area (Å²) in [7, 11) is 0. The summed E-state index contributed by atoms with van der Waals surface area (Å²) in [4.78, 5) is 26.7. The molecule has 0 aromatic carbocycles. The summed E-state index contributed by atoms with van der Waals surface area (Å²) in [6.45, 7) is 9.28. The highest BCUT2D eigenvalue weighted by Crippen LogP contribution is 2.30. The molecule has 4 nitrogen and oxygen atoms in total. The van der Waals surface area contributed by atoms with Gasteiger partial charge in [-0.3, -0.25) is 4.79 Å². The lowest BCUT2D eigenvalue weighted by atomic mass is 9.89. The van der Waals surface area contributed by atoms with Crippen molar-refractivity contribution in [3.05, 3.63) is 12.2 Å². The van der Waals surface area contributed by atoms with Crippen LogP contribution in [0, 0.1) is 0 Å². The fourth-order valence-electron chi connectivity index (χ4n) is 8.25. The number of hydrogen-bond donors (Lipinski definition) is 0. The molecule has 0 spiro atoms. The molecule has 0 aromatic rings. The lowest BCUT2D eigenvalue weighted by molar-refractivity contribution is -0.181. The summed E-state index contributed by atoms with van der Waals surface area (Å²) < 4.78 is 11.9. The normalized spacial score (nSPS) is 12.8. The lowest BCUT2D eigenvalue weighted by Gasteiger charge is -2.31. The smallest absolute Gasteiger partial charge is 0.346 e. The van der Waals surface area contributed by atoms with Gasteiger partial charge in [0.2, 0.25) is 0 Å². The highest BCUT2D eigenvalue weighted by Gasteiger charge is 2.41. The predicted octanol–water partition coefficient (Wildman–Crippen LogP) is 17.8. The molecule has 0 radical (unpaired) electrons. The molecule has 0 aliphatic carbocycles. The van der Waals surface area contributed by atoms with E-state index in [-0.39, 0.29) is 5.97 Å². The van der Waals surface area contributed by atoms with Crippen molar-refractivity contribution in [1.82, 2.24) is 0 Å². The molecule has 56 heavy (non-hydrogen) atoms. The van der Waals surface area contributed by atoms with Gasteiger partial charge in [0.05, 0.1) is 0 Å². The van der Waals surface area contributed by atoms with Gasteiger partial charge in [-0.1, -0.05) is 238 Å². The third-order valence-electron chi connectivity index (χ3n) is 12.0. The van der Waals surface area contributed by atoms with E-state index < -0.39 is 11.6 Å². The third-order valence-corrected chi connectivity index (χ3v) is 12.0. The molecule has 0 bridgehead atoms. The van der Waals surface area contributed by atoms with Gasteiger partial charge in [0.1, 0.15) is 0 Å². The van der Waals surface area contributed by atoms with E-state index >= 15 is 0 Å². The van der Waals surface area contributed by atoms with Crippen molar-refractivity contribution in [2.75, 3.05) is 6.61 Å². The largest absolute Gasteiger partial charge is 0.391 e. The fourth-order valence-corrected chi connectivity index (χ4v) is 8.25. The summed E-state index contributed by atoms with van der Waals surface area (Å²) in [5.74, 6) is -0.790. The zero-order chi connectivity index (χ0) is 40.9. The average Bonchev–Trinajstić information content (AvgIpc) is 3.19. The van der Waals surface area contributed by atoms with Crippen LogP contribution in [0.5, 0.6) is 0 Å². The SMILES string of the molecule is CCCCCCCC/C=C\CCCCCCCC(=O)OC(=O)C(CCCCCCCCCCCCCC)(CCCCCCCCCCCCCCCC)OCC. The first-order valence-corrected chi connectivity index (χ1v) is 25.6. The molecule has 0 rings (SSSR count). The Hall–Kier alpha value is -1.16. The van der Waals surface area contributed by atoms with Crippen molar-refractivity contribution < 1.29 is 19.1 Å². The Morgan fingerprint density at radius 1 is 0.375 bits per heavy atom. The molecule has 0 heterocycles. The standard InChI is InChI=1S/C52H100O4/c1-5-9-12-15-18-21-24-27-29-30-32-35-38-41-44-47-50(53)56-51(54)52(55-8-4,48-45-42-39-36-33-26-23-20-17-14-11-7-3)49-46-43-40-37-34-31-28-25-22-19-16-13-10-6-2/h27,29H,5-26,28,30-49H2,1-4H3/b29-27-. The summed E-state index contributed by atoms with van der Waals surface area (Å²) in [5.41, 5.74) is -0.984. The van der Waals surface area contributed by atoms with Crippen LogP contribution in [0.2, 0.25) is 0 Å². The Balaban J connectivity index is 4.59. The van der Waals surface area contributed by atoms with Crippen LogP contribution in [0.1, 0.15) is 297 Å². The Kier molecular flexibility index (Phi) is 44.0. The minimum atomic E-state index is -0.984. The molecule has 0 aromatic heterocycles. The highest BCUT2D eigenvalue weighted by atomic mass is 16.6. The van der Waals surface area contributed by atoms with Crippen LogP contribution < -0.4 is 0 Å². The summed E-state index contributed by atoms with van der Waals surface area (Å²) in [6.07, 6.45) is 56.0. The van der Waals surface area contributed by atoms with Crippen LogP contribution in [0.3, 0.4) is 0 Å². The molecule has 0 saturated heterocycles. The maximum atomic E-state index is 13.7. The van der Waals surface area contributed by atoms with E-state index in [1.165, 1.54) is 199 Å². The van der Waals surface area contributed by atoms with Gasteiger partial charge in [0.15, 0.2) is 5.60 Å². The van der Waals surface area contributed by atoms with Crippen LogP contribution in [0.15, 0.2) is 12.2 Å². The first-order chi connectivity index (χ1) is 27.6. The minimum Gasteiger partial charge on any atom is -0.391 e. The molecule has 0 fully saturated rings. The zero-order valence-corrected chi connectivity index (χ0v) is 38.7. The maximum absolute atomic E-state index is 13.7. The van der Waals surface area contributed by atoms with E-state index in [1.807, 2.05) is 6.92 Å². The quantitative estimate of drug-likeness (QED) is 0.0267. The van der Waals surface area contributed by atoms with Gasteiger partial charge >= 0.3 is 11.9 Å². The monoisotopic (exact) mass is 789 g/mol. The van der Waals surface area contributed by atoms with E-state index in [2.05, 4.69) is 32.9 Å². The lowest BCUT2D eigenvalue weighted by Crippen LogP contribution is -2.44. The number of carbonyl (C=O) groups excluding carboxylic acids is 2. The van der Waals surface area contributed by atoms with E-state index in [1.54, 1.807) is 0 Å². The van der Waals surface area contributed by atoms with E-state index in [9.17, 15) is 9.59 Å². The van der Waals surface area contributed by atoms with Gasteiger partial charge in [-0.05, 0) is 64.7 Å². The van der Waals surface area contributed by atoms with Gasteiger partial charge in [-0.15, -0.1) is 0 Å². The van der Waals surface area contributed by atoms with Crippen LogP contribution in [0.4, 0.5) is 0 Å². The second-order valence-corrected chi connectivity index (χ2v) is 17.5. The minimum absolute atomic E-state index is 0.323. The second kappa shape index (κ2) is 44.9. The van der Waals surface area contributed by atoms with Crippen molar-refractivity contribution in [2.24, 2.45) is 0 Å². The van der Waals surface area contributed by atoms with Crippen molar-refractivity contribution in [3.63, 3.8) is 0 Å². The number of unbranched alkanes of at least 4 members (excludes halogenated alkanes) is 35. The van der Waals surface area contributed by atoms with Crippen molar-refractivity contribution in [3.8, 4) is 0 Å². The molecule has 0 saturated carbocycles. The molecule has 332 valence electrons. The van der Waals surface area contributed by atoms with Gasteiger partial charge in [0.25, 0.3) is 0 Å². The molecule has 4 heteroatoms. The Labute approximate surface area is 351 Å². The number of carbonyl (C=O) groups is 2. The molecule has 0 amide bonds. The topological polar surface area (TPSA) is 52.6 Å². The Morgan fingerprint density at radius 3 is 0.982 bits per heavy atom. The number of ether oxygens (including phenoxy) is 2. The number of esters is 2. The third kappa shape index (κ3) is 37.1. The molecule has 1 atom stereocenters. The Morgan fingerprint density at radius 2 is 0.661 bits per heavy atom. The van der Waals surface area contributed by atoms with Gasteiger partial charge in [0, 0.05) is 13.0 Å². The molecule has 0 N–H and O–H groups in total. The van der Waals surface area contributed by atoms with Crippen LogP contribution >= 0.6 is 0 Å².